The van der Waals surface area contributed by atoms with E-state index in [1.54, 1.807) is 31.2 Å². The predicted octanol–water partition coefficient (Wildman–Crippen LogP) is 0.950. The quantitative estimate of drug-likeness (QED) is 0.817. The normalized spacial score (nSPS) is 11.5. The zero-order valence-electron chi connectivity index (χ0n) is 10.8. The van der Waals surface area contributed by atoms with E-state index in [1.165, 1.54) is 7.11 Å². The van der Waals surface area contributed by atoms with Crippen molar-refractivity contribution in [3.05, 3.63) is 29.8 Å². The number of hydrogen-bond acceptors (Lipinski definition) is 3. The van der Waals surface area contributed by atoms with Gasteiger partial charge in [-0.3, -0.25) is 9.59 Å². The first kappa shape index (κ1) is 14.0. The molecule has 0 aromatic heterocycles. The van der Waals surface area contributed by atoms with Crippen LogP contribution in [0.1, 0.15) is 24.2 Å². The molecule has 98 valence electrons. The van der Waals surface area contributed by atoms with Gasteiger partial charge in [-0.1, -0.05) is 6.07 Å². The molecule has 0 fully saturated rings. The van der Waals surface area contributed by atoms with Crippen LogP contribution in [0.15, 0.2) is 24.3 Å². The highest BCUT2D eigenvalue weighted by Crippen LogP contribution is 2.12. The summed E-state index contributed by atoms with van der Waals surface area (Å²) in [5, 5.41) is 5.27. The highest BCUT2D eigenvalue weighted by atomic mass is 16.5. The molecule has 1 rings (SSSR count). The maximum Gasteiger partial charge on any atom is 0.252 e. The fourth-order valence-electron chi connectivity index (χ4n) is 1.44. The van der Waals surface area contributed by atoms with E-state index in [0.29, 0.717) is 17.9 Å². The summed E-state index contributed by atoms with van der Waals surface area (Å²) in [4.78, 5) is 23.4. The topological polar surface area (TPSA) is 67.4 Å². The second kappa shape index (κ2) is 6.64. The standard InChI is InChI=1S/C13H18N2O3/c1-4-14-12(16)9(2)15-13(17)10-6-5-7-11(8-10)18-3/h5-9H,4H2,1-3H3,(H,14,16)(H,15,17)/t9-/m0/s1. The van der Waals surface area contributed by atoms with Gasteiger partial charge in [-0.05, 0) is 32.0 Å². The molecule has 0 aliphatic carbocycles. The van der Waals surface area contributed by atoms with E-state index < -0.39 is 6.04 Å². The average Bonchev–Trinajstić information content (AvgIpc) is 2.39. The van der Waals surface area contributed by atoms with Crippen molar-refractivity contribution in [3.63, 3.8) is 0 Å². The molecule has 0 saturated carbocycles. The molecular formula is C13H18N2O3. The van der Waals surface area contributed by atoms with E-state index in [-0.39, 0.29) is 11.8 Å². The second-order valence-electron chi connectivity index (χ2n) is 3.82. The van der Waals surface area contributed by atoms with Crippen LogP contribution in [0.25, 0.3) is 0 Å². The van der Waals surface area contributed by atoms with Crippen LogP contribution in [0, 0.1) is 0 Å². The van der Waals surface area contributed by atoms with Crippen LogP contribution in [0.4, 0.5) is 0 Å². The van der Waals surface area contributed by atoms with Gasteiger partial charge in [0.2, 0.25) is 5.91 Å². The van der Waals surface area contributed by atoms with Crippen molar-refractivity contribution in [3.8, 4) is 5.75 Å². The molecule has 0 bridgehead atoms. The SMILES string of the molecule is CCNC(=O)[C@H](C)NC(=O)c1cccc(OC)c1. The van der Waals surface area contributed by atoms with Gasteiger partial charge in [-0.25, -0.2) is 0 Å². The van der Waals surface area contributed by atoms with Crippen LogP contribution in [0.2, 0.25) is 0 Å². The van der Waals surface area contributed by atoms with Gasteiger partial charge in [-0.2, -0.15) is 0 Å². The van der Waals surface area contributed by atoms with Gasteiger partial charge in [0.15, 0.2) is 0 Å². The maximum absolute atomic E-state index is 11.9. The lowest BCUT2D eigenvalue weighted by Gasteiger charge is -2.13. The molecule has 0 unspecified atom stereocenters. The Kier molecular flexibility index (Phi) is 5.17. The number of amides is 2. The Morgan fingerprint density at radius 2 is 2.11 bits per heavy atom. The van der Waals surface area contributed by atoms with E-state index in [2.05, 4.69) is 10.6 Å². The Balaban J connectivity index is 2.67. The number of ether oxygens (including phenoxy) is 1. The molecule has 1 aromatic carbocycles. The number of rotatable bonds is 5. The van der Waals surface area contributed by atoms with E-state index >= 15 is 0 Å². The van der Waals surface area contributed by atoms with Gasteiger partial charge in [0, 0.05) is 12.1 Å². The molecule has 2 amide bonds. The minimum atomic E-state index is -0.566. The fraction of sp³-hybridized carbons (Fsp3) is 0.385. The number of benzene rings is 1. The van der Waals surface area contributed by atoms with Crippen molar-refractivity contribution in [2.24, 2.45) is 0 Å². The highest BCUT2D eigenvalue weighted by molar-refractivity contribution is 5.97. The van der Waals surface area contributed by atoms with Crippen molar-refractivity contribution in [1.29, 1.82) is 0 Å². The molecule has 5 nitrogen and oxygen atoms in total. The maximum atomic E-state index is 11.9. The summed E-state index contributed by atoms with van der Waals surface area (Å²) in [5.74, 6) is 0.106. The number of methoxy groups -OCH3 is 1. The van der Waals surface area contributed by atoms with Gasteiger partial charge in [0.25, 0.3) is 5.91 Å². The Bertz CT molecular complexity index is 432. The van der Waals surface area contributed by atoms with E-state index in [4.69, 9.17) is 4.74 Å². The van der Waals surface area contributed by atoms with Crippen LogP contribution in [0.3, 0.4) is 0 Å². The minimum absolute atomic E-state index is 0.200. The third-order valence-corrected chi connectivity index (χ3v) is 2.42. The molecule has 2 N–H and O–H groups in total. The Morgan fingerprint density at radius 1 is 1.39 bits per heavy atom. The summed E-state index contributed by atoms with van der Waals surface area (Å²) in [6, 6.07) is 6.21. The molecule has 0 radical (unpaired) electrons. The molecule has 1 atom stereocenters. The number of carbonyl (C=O) groups excluding carboxylic acids is 2. The molecule has 1 aromatic rings. The highest BCUT2D eigenvalue weighted by Gasteiger charge is 2.15. The first-order valence-corrected chi connectivity index (χ1v) is 5.81. The van der Waals surface area contributed by atoms with Crippen molar-refractivity contribution >= 4 is 11.8 Å². The molecule has 0 saturated heterocycles. The largest absolute Gasteiger partial charge is 0.497 e. The van der Waals surface area contributed by atoms with Gasteiger partial charge in [0.1, 0.15) is 11.8 Å². The van der Waals surface area contributed by atoms with E-state index in [1.807, 2.05) is 6.92 Å². The van der Waals surface area contributed by atoms with Crippen LogP contribution < -0.4 is 15.4 Å². The minimum Gasteiger partial charge on any atom is -0.497 e. The molecule has 0 aliphatic heterocycles. The summed E-state index contributed by atoms with van der Waals surface area (Å²) in [6.07, 6.45) is 0. The van der Waals surface area contributed by atoms with Crippen LogP contribution in [-0.4, -0.2) is 31.5 Å². The monoisotopic (exact) mass is 250 g/mol. The number of likely N-dealkylation sites (N-methyl/N-ethyl adjacent to an activating group) is 1. The molecule has 5 heteroatoms. The number of carbonyl (C=O) groups is 2. The summed E-state index contributed by atoms with van der Waals surface area (Å²) < 4.78 is 5.04. The molecule has 0 aliphatic rings. The van der Waals surface area contributed by atoms with Crippen LogP contribution >= 0.6 is 0 Å². The Labute approximate surface area is 107 Å². The lowest BCUT2D eigenvalue weighted by Crippen LogP contribution is -2.44. The Hall–Kier alpha value is -2.04. The predicted molar refractivity (Wildman–Crippen MR) is 68.6 cm³/mol. The molecule has 0 spiro atoms. The number of nitrogens with one attached hydrogen (secondary N) is 2. The molecule has 18 heavy (non-hydrogen) atoms. The summed E-state index contributed by atoms with van der Waals surface area (Å²) in [5.41, 5.74) is 0.463. The van der Waals surface area contributed by atoms with Gasteiger partial charge in [-0.15, -0.1) is 0 Å². The summed E-state index contributed by atoms with van der Waals surface area (Å²) in [7, 11) is 1.54. The van der Waals surface area contributed by atoms with Crippen molar-refractivity contribution in [2.75, 3.05) is 13.7 Å². The van der Waals surface area contributed by atoms with Crippen LogP contribution in [-0.2, 0) is 4.79 Å². The smallest absolute Gasteiger partial charge is 0.252 e. The first-order valence-electron chi connectivity index (χ1n) is 5.81. The molecule has 0 heterocycles. The van der Waals surface area contributed by atoms with Crippen molar-refractivity contribution in [2.45, 2.75) is 19.9 Å². The fourth-order valence-corrected chi connectivity index (χ4v) is 1.44. The molecular weight excluding hydrogens is 232 g/mol. The zero-order valence-corrected chi connectivity index (χ0v) is 10.8. The number of hydrogen-bond donors (Lipinski definition) is 2. The first-order chi connectivity index (χ1) is 8.58. The van der Waals surface area contributed by atoms with Gasteiger partial charge < -0.3 is 15.4 Å². The van der Waals surface area contributed by atoms with Crippen molar-refractivity contribution in [1.82, 2.24) is 10.6 Å². The van der Waals surface area contributed by atoms with Gasteiger partial charge >= 0.3 is 0 Å². The van der Waals surface area contributed by atoms with Gasteiger partial charge in [0.05, 0.1) is 7.11 Å². The lowest BCUT2D eigenvalue weighted by molar-refractivity contribution is -0.122. The lowest BCUT2D eigenvalue weighted by atomic mass is 10.2. The third-order valence-electron chi connectivity index (χ3n) is 2.42. The van der Waals surface area contributed by atoms with Crippen molar-refractivity contribution < 1.29 is 14.3 Å². The van der Waals surface area contributed by atoms with Crippen LogP contribution in [0.5, 0.6) is 5.75 Å². The zero-order chi connectivity index (χ0) is 13.5. The van der Waals surface area contributed by atoms with E-state index in [9.17, 15) is 9.59 Å². The Morgan fingerprint density at radius 3 is 2.72 bits per heavy atom. The summed E-state index contributed by atoms with van der Waals surface area (Å²) >= 11 is 0. The average molecular weight is 250 g/mol. The second-order valence-corrected chi connectivity index (χ2v) is 3.82. The van der Waals surface area contributed by atoms with E-state index in [0.717, 1.165) is 0 Å². The summed E-state index contributed by atoms with van der Waals surface area (Å²) in [6.45, 7) is 4.01. The third kappa shape index (κ3) is 3.76.